The Bertz CT molecular complexity index is 339. The van der Waals surface area contributed by atoms with Crippen molar-refractivity contribution in [3.05, 3.63) is 0 Å². The Morgan fingerprint density at radius 1 is 1.38 bits per heavy atom. The van der Waals surface area contributed by atoms with Gasteiger partial charge in [-0.15, -0.1) is 0 Å². The van der Waals surface area contributed by atoms with Crippen LogP contribution in [0.5, 0.6) is 0 Å². The third kappa shape index (κ3) is 4.09. The second-order valence-electron chi connectivity index (χ2n) is 4.17. The number of hydrogen-bond donors (Lipinski definition) is 0. The highest BCUT2D eigenvalue weighted by molar-refractivity contribution is 7.91. The van der Waals surface area contributed by atoms with Crippen LogP contribution in [0.4, 0.5) is 0 Å². The van der Waals surface area contributed by atoms with Crippen molar-refractivity contribution >= 4 is 15.8 Å². The number of carbonyl (C=O) groups is 1. The highest BCUT2D eigenvalue weighted by atomic mass is 32.2. The van der Waals surface area contributed by atoms with E-state index in [1.807, 2.05) is 11.8 Å². The van der Waals surface area contributed by atoms with Gasteiger partial charge in [0.25, 0.3) is 0 Å². The highest BCUT2D eigenvalue weighted by Crippen LogP contribution is 2.11. The average molecular weight is 249 g/mol. The zero-order valence-corrected chi connectivity index (χ0v) is 10.6. The topological polar surface area (TPSA) is 63.7 Å². The summed E-state index contributed by atoms with van der Waals surface area (Å²) in [5.41, 5.74) is 0. The Kier molecular flexibility index (Phi) is 4.73. The van der Waals surface area contributed by atoms with Gasteiger partial charge in [0.15, 0.2) is 9.84 Å². The van der Waals surface area contributed by atoms with Gasteiger partial charge < -0.3 is 4.74 Å². The molecule has 1 rings (SSSR count). The normalized spacial score (nSPS) is 23.4. The van der Waals surface area contributed by atoms with Crippen molar-refractivity contribution in [2.75, 3.05) is 31.7 Å². The largest absolute Gasteiger partial charge is 0.469 e. The molecule has 0 N–H and O–H groups in total. The molecule has 1 unspecified atom stereocenters. The van der Waals surface area contributed by atoms with Gasteiger partial charge in [-0.25, -0.2) is 8.42 Å². The molecular formula is C10H19NO4S. The van der Waals surface area contributed by atoms with Crippen molar-refractivity contribution in [1.29, 1.82) is 0 Å². The van der Waals surface area contributed by atoms with Crippen molar-refractivity contribution in [3.8, 4) is 0 Å². The summed E-state index contributed by atoms with van der Waals surface area (Å²) in [7, 11) is -1.51. The first kappa shape index (κ1) is 13.4. The number of esters is 1. The average Bonchev–Trinajstić information content (AvgIpc) is 2.39. The number of nitrogens with zero attached hydrogens (tertiary/aromatic N) is 1. The fraction of sp³-hybridized carbons (Fsp3) is 0.900. The van der Waals surface area contributed by atoms with E-state index >= 15 is 0 Å². The van der Waals surface area contributed by atoms with E-state index in [-0.39, 0.29) is 23.5 Å². The fourth-order valence-corrected chi connectivity index (χ4v) is 3.14. The predicted octanol–water partition coefficient (Wildman–Crippen LogP) is 0.0585. The van der Waals surface area contributed by atoms with Gasteiger partial charge in [0.2, 0.25) is 0 Å². The first-order valence-corrected chi connectivity index (χ1v) is 7.28. The number of sulfone groups is 1. The summed E-state index contributed by atoms with van der Waals surface area (Å²) in [6.07, 6.45) is 0.963. The van der Waals surface area contributed by atoms with E-state index in [2.05, 4.69) is 4.74 Å². The standard InChI is InChI=1S/C10H19NO4S/c1-9(8-10(12)15-2)11-4-3-6-16(13,14)7-5-11/h9H,3-8H2,1-2H3. The van der Waals surface area contributed by atoms with Crippen LogP contribution in [-0.4, -0.2) is 57.0 Å². The quantitative estimate of drug-likeness (QED) is 0.662. The molecule has 1 aliphatic heterocycles. The minimum atomic E-state index is -2.88. The minimum absolute atomic E-state index is 0.0424. The van der Waals surface area contributed by atoms with Crippen LogP contribution in [-0.2, 0) is 19.4 Å². The third-order valence-corrected chi connectivity index (χ3v) is 4.62. The molecule has 0 saturated carbocycles. The van der Waals surface area contributed by atoms with E-state index < -0.39 is 9.84 Å². The molecule has 5 nitrogen and oxygen atoms in total. The molecule has 1 fully saturated rings. The Balaban J connectivity index is 2.51. The predicted molar refractivity (Wildman–Crippen MR) is 60.9 cm³/mol. The molecule has 1 heterocycles. The molecule has 6 heteroatoms. The molecule has 0 aromatic rings. The van der Waals surface area contributed by atoms with Crippen molar-refractivity contribution in [2.24, 2.45) is 0 Å². The summed E-state index contributed by atoms with van der Waals surface area (Å²) < 4.78 is 27.4. The van der Waals surface area contributed by atoms with Crippen molar-refractivity contribution < 1.29 is 17.9 Å². The minimum Gasteiger partial charge on any atom is -0.469 e. The van der Waals surface area contributed by atoms with Crippen LogP contribution in [0.25, 0.3) is 0 Å². The van der Waals surface area contributed by atoms with Crippen LogP contribution in [0.3, 0.4) is 0 Å². The van der Waals surface area contributed by atoms with Gasteiger partial charge in [-0.1, -0.05) is 0 Å². The molecule has 0 aliphatic carbocycles. The maximum atomic E-state index is 11.4. The van der Waals surface area contributed by atoms with E-state index in [4.69, 9.17) is 0 Å². The Morgan fingerprint density at radius 3 is 2.69 bits per heavy atom. The first-order valence-electron chi connectivity index (χ1n) is 5.46. The fourth-order valence-electron chi connectivity index (χ4n) is 1.85. The Labute approximate surface area is 96.7 Å². The van der Waals surface area contributed by atoms with Crippen molar-refractivity contribution in [3.63, 3.8) is 0 Å². The number of hydrogen-bond acceptors (Lipinski definition) is 5. The summed E-state index contributed by atoms with van der Waals surface area (Å²) >= 11 is 0. The molecule has 0 spiro atoms. The van der Waals surface area contributed by atoms with E-state index in [0.717, 1.165) is 6.54 Å². The Morgan fingerprint density at radius 2 is 2.06 bits per heavy atom. The van der Waals surface area contributed by atoms with Crippen LogP contribution < -0.4 is 0 Å². The lowest BCUT2D eigenvalue weighted by molar-refractivity contribution is -0.141. The summed E-state index contributed by atoms with van der Waals surface area (Å²) in [5.74, 6) is 0.201. The number of ether oxygens (including phenoxy) is 1. The molecule has 1 atom stereocenters. The lowest BCUT2D eigenvalue weighted by atomic mass is 10.2. The maximum absolute atomic E-state index is 11.4. The zero-order chi connectivity index (χ0) is 12.2. The van der Waals surface area contributed by atoms with E-state index in [9.17, 15) is 13.2 Å². The third-order valence-electron chi connectivity index (χ3n) is 2.90. The Hall–Kier alpha value is -0.620. The molecule has 0 amide bonds. The van der Waals surface area contributed by atoms with Gasteiger partial charge in [0, 0.05) is 12.6 Å². The SMILES string of the molecule is COC(=O)CC(C)N1CCCS(=O)(=O)CC1. The number of rotatable bonds is 3. The summed E-state index contributed by atoms with van der Waals surface area (Å²) in [6.45, 7) is 3.17. The van der Waals surface area contributed by atoms with Gasteiger partial charge in [-0.2, -0.15) is 0 Å². The highest BCUT2D eigenvalue weighted by Gasteiger charge is 2.23. The molecule has 94 valence electrons. The van der Waals surface area contributed by atoms with Crippen molar-refractivity contribution in [1.82, 2.24) is 4.90 Å². The molecule has 0 aromatic carbocycles. The van der Waals surface area contributed by atoms with Crippen molar-refractivity contribution in [2.45, 2.75) is 25.8 Å². The summed E-state index contributed by atoms with van der Waals surface area (Å²) in [4.78, 5) is 13.2. The second kappa shape index (κ2) is 5.63. The van der Waals surface area contributed by atoms with Gasteiger partial charge in [-0.3, -0.25) is 9.69 Å². The summed E-state index contributed by atoms with van der Waals surface area (Å²) in [5, 5.41) is 0. The number of carbonyl (C=O) groups excluding carboxylic acids is 1. The van der Waals surface area contributed by atoms with Crippen LogP contribution in [0.15, 0.2) is 0 Å². The van der Waals surface area contributed by atoms with Crippen LogP contribution in [0.2, 0.25) is 0 Å². The maximum Gasteiger partial charge on any atom is 0.307 e. The van der Waals surface area contributed by atoms with Crippen LogP contribution in [0, 0.1) is 0 Å². The molecular weight excluding hydrogens is 230 g/mol. The molecule has 0 aromatic heterocycles. The van der Waals surface area contributed by atoms with E-state index in [0.29, 0.717) is 19.4 Å². The van der Waals surface area contributed by atoms with Gasteiger partial charge in [-0.05, 0) is 19.9 Å². The second-order valence-corrected chi connectivity index (χ2v) is 6.47. The summed E-state index contributed by atoms with van der Waals surface area (Å²) in [6, 6.07) is 0.0424. The molecule has 1 aliphatic rings. The first-order chi connectivity index (χ1) is 7.44. The molecule has 1 saturated heterocycles. The molecule has 16 heavy (non-hydrogen) atoms. The van der Waals surface area contributed by atoms with E-state index in [1.54, 1.807) is 0 Å². The van der Waals surface area contributed by atoms with Gasteiger partial charge in [0.1, 0.15) is 0 Å². The zero-order valence-electron chi connectivity index (χ0n) is 9.81. The van der Waals surface area contributed by atoms with Crippen LogP contribution in [0.1, 0.15) is 19.8 Å². The van der Waals surface area contributed by atoms with E-state index in [1.165, 1.54) is 7.11 Å². The molecule has 0 bridgehead atoms. The lowest BCUT2D eigenvalue weighted by Gasteiger charge is -2.26. The smallest absolute Gasteiger partial charge is 0.307 e. The van der Waals surface area contributed by atoms with Crippen LogP contribution >= 0.6 is 0 Å². The number of methoxy groups -OCH3 is 1. The van der Waals surface area contributed by atoms with Gasteiger partial charge >= 0.3 is 5.97 Å². The van der Waals surface area contributed by atoms with Gasteiger partial charge in [0.05, 0.1) is 25.0 Å². The lowest BCUT2D eigenvalue weighted by Crippen LogP contribution is -2.37. The molecule has 0 radical (unpaired) electrons. The monoisotopic (exact) mass is 249 g/mol.